The molecular formula is C11H10FN3OS. The number of carbonyl (C=O) groups excluding carboxylic acids is 1. The van der Waals surface area contributed by atoms with Gasteiger partial charge in [0, 0.05) is 12.2 Å². The minimum atomic E-state index is -0.288. The summed E-state index contributed by atoms with van der Waals surface area (Å²) >= 11 is 1.45. The van der Waals surface area contributed by atoms with Crippen LogP contribution >= 0.6 is 11.8 Å². The molecule has 0 atom stereocenters. The fourth-order valence-corrected chi connectivity index (χ4v) is 1.98. The number of halogens is 1. The van der Waals surface area contributed by atoms with Crippen LogP contribution < -0.4 is 5.32 Å². The number of amidine groups is 1. The van der Waals surface area contributed by atoms with Gasteiger partial charge in [0.15, 0.2) is 5.17 Å². The molecule has 1 amide bonds. The molecule has 0 unspecified atom stereocenters. The van der Waals surface area contributed by atoms with E-state index < -0.39 is 0 Å². The molecule has 1 aromatic rings. The van der Waals surface area contributed by atoms with Crippen LogP contribution in [0.25, 0.3) is 0 Å². The number of benzene rings is 1. The van der Waals surface area contributed by atoms with Gasteiger partial charge < -0.3 is 5.32 Å². The van der Waals surface area contributed by atoms with Gasteiger partial charge in [0.2, 0.25) is 5.91 Å². The van der Waals surface area contributed by atoms with Crippen molar-refractivity contribution in [2.24, 2.45) is 10.2 Å². The van der Waals surface area contributed by atoms with Crippen molar-refractivity contribution in [2.45, 2.75) is 6.42 Å². The Morgan fingerprint density at radius 3 is 2.82 bits per heavy atom. The van der Waals surface area contributed by atoms with Crippen LogP contribution in [0.3, 0.4) is 0 Å². The molecule has 1 aromatic carbocycles. The zero-order valence-corrected chi connectivity index (χ0v) is 9.71. The maximum atomic E-state index is 12.6. The number of nitrogens with one attached hydrogen (secondary N) is 1. The Balaban J connectivity index is 1.98. The summed E-state index contributed by atoms with van der Waals surface area (Å²) in [7, 11) is 0. The Hall–Kier alpha value is -1.69. The van der Waals surface area contributed by atoms with Crippen LogP contribution in [0, 0.1) is 5.82 Å². The highest BCUT2D eigenvalue weighted by Crippen LogP contribution is 2.09. The van der Waals surface area contributed by atoms with Gasteiger partial charge in [0.1, 0.15) is 5.82 Å². The average Bonchev–Trinajstić information content (AvgIpc) is 2.32. The first-order valence-corrected chi connectivity index (χ1v) is 6.02. The largest absolute Gasteiger partial charge is 0.304 e. The van der Waals surface area contributed by atoms with Gasteiger partial charge in [-0.1, -0.05) is 23.9 Å². The van der Waals surface area contributed by atoms with Gasteiger partial charge in [-0.15, -0.1) is 5.10 Å². The maximum absolute atomic E-state index is 12.6. The second-order valence-corrected chi connectivity index (χ2v) is 4.43. The Morgan fingerprint density at radius 2 is 2.12 bits per heavy atom. The minimum absolute atomic E-state index is 0.0421. The van der Waals surface area contributed by atoms with Gasteiger partial charge in [-0.3, -0.25) is 4.79 Å². The second-order valence-electron chi connectivity index (χ2n) is 3.35. The van der Waals surface area contributed by atoms with Crippen LogP contribution in [0.2, 0.25) is 0 Å². The molecule has 4 nitrogen and oxygen atoms in total. The van der Waals surface area contributed by atoms with Crippen molar-refractivity contribution in [1.29, 1.82) is 0 Å². The smallest absolute Gasteiger partial charge is 0.226 e. The van der Waals surface area contributed by atoms with Gasteiger partial charge >= 0.3 is 0 Å². The summed E-state index contributed by atoms with van der Waals surface area (Å²) in [6.45, 7) is 0. The molecular weight excluding hydrogens is 241 g/mol. The average molecular weight is 251 g/mol. The van der Waals surface area contributed by atoms with E-state index in [9.17, 15) is 9.18 Å². The fraction of sp³-hybridized carbons (Fsp3) is 0.182. The van der Waals surface area contributed by atoms with Gasteiger partial charge in [0.25, 0.3) is 0 Å². The van der Waals surface area contributed by atoms with Crippen molar-refractivity contribution in [1.82, 2.24) is 5.32 Å². The zero-order valence-electron chi connectivity index (χ0n) is 8.89. The molecule has 0 spiro atoms. The predicted octanol–water partition coefficient (Wildman–Crippen LogP) is 1.77. The molecule has 1 aliphatic rings. The van der Waals surface area contributed by atoms with Gasteiger partial charge in [-0.05, 0) is 17.7 Å². The lowest BCUT2D eigenvalue weighted by molar-refractivity contribution is -0.119. The lowest BCUT2D eigenvalue weighted by atomic mass is 10.2. The first-order valence-electron chi connectivity index (χ1n) is 5.03. The van der Waals surface area contributed by atoms with Gasteiger partial charge in [-0.25, -0.2) is 4.39 Å². The Kier molecular flexibility index (Phi) is 3.87. The summed E-state index contributed by atoms with van der Waals surface area (Å²) in [4.78, 5) is 11.0. The van der Waals surface area contributed by atoms with Crippen LogP contribution in [0.1, 0.15) is 12.0 Å². The number of carbonyl (C=O) groups is 1. The van der Waals surface area contributed by atoms with E-state index in [2.05, 4.69) is 15.5 Å². The van der Waals surface area contributed by atoms with Gasteiger partial charge in [0.05, 0.1) is 6.21 Å². The fourth-order valence-electron chi connectivity index (χ4n) is 1.21. The summed E-state index contributed by atoms with van der Waals surface area (Å²) in [5.41, 5.74) is 0.753. The maximum Gasteiger partial charge on any atom is 0.226 e. The van der Waals surface area contributed by atoms with Gasteiger partial charge in [-0.2, -0.15) is 5.10 Å². The summed E-state index contributed by atoms with van der Waals surface area (Å²) < 4.78 is 12.6. The van der Waals surface area contributed by atoms with E-state index in [0.717, 1.165) is 11.3 Å². The SMILES string of the molecule is O=C1CCS/C(=N\N=Cc2ccc(F)cc2)N1. The summed E-state index contributed by atoms with van der Waals surface area (Å²) in [6, 6.07) is 5.91. The quantitative estimate of drug-likeness (QED) is 0.643. The van der Waals surface area contributed by atoms with E-state index in [1.165, 1.54) is 30.1 Å². The van der Waals surface area contributed by atoms with Crippen LogP contribution in [0.4, 0.5) is 4.39 Å². The van der Waals surface area contributed by atoms with Crippen molar-refractivity contribution in [2.75, 3.05) is 5.75 Å². The third-order valence-corrected chi connectivity index (χ3v) is 2.91. The Bertz CT molecular complexity index is 470. The highest BCUT2D eigenvalue weighted by atomic mass is 32.2. The minimum Gasteiger partial charge on any atom is -0.304 e. The molecule has 0 radical (unpaired) electrons. The van der Waals surface area contributed by atoms with Crippen molar-refractivity contribution in [3.05, 3.63) is 35.6 Å². The number of hydrogen-bond acceptors (Lipinski definition) is 4. The van der Waals surface area contributed by atoms with E-state index in [0.29, 0.717) is 11.6 Å². The van der Waals surface area contributed by atoms with Crippen LogP contribution in [0.15, 0.2) is 34.5 Å². The number of nitrogens with zero attached hydrogens (tertiary/aromatic N) is 2. The number of amides is 1. The Morgan fingerprint density at radius 1 is 1.35 bits per heavy atom. The molecule has 2 rings (SSSR count). The normalized spacial score (nSPS) is 18.6. The van der Waals surface area contributed by atoms with E-state index in [1.54, 1.807) is 12.1 Å². The molecule has 88 valence electrons. The Labute approximate surface area is 102 Å². The summed E-state index contributed by atoms with van der Waals surface area (Å²) in [5.74, 6) is 0.388. The van der Waals surface area contributed by atoms with E-state index >= 15 is 0 Å². The third kappa shape index (κ3) is 3.67. The molecule has 1 heterocycles. The molecule has 1 N–H and O–H groups in total. The number of thioether (sulfide) groups is 1. The third-order valence-electron chi connectivity index (χ3n) is 2.04. The molecule has 6 heteroatoms. The zero-order chi connectivity index (χ0) is 12.1. The van der Waals surface area contributed by atoms with Crippen LogP contribution in [0.5, 0.6) is 0 Å². The lowest BCUT2D eigenvalue weighted by Gasteiger charge is -2.11. The van der Waals surface area contributed by atoms with E-state index in [4.69, 9.17) is 0 Å². The first kappa shape index (κ1) is 11.8. The molecule has 0 saturated carbocycles. The predicted molar refractivity (Wildman–Crippen MR) is 66.6 cm³/mol. The molecule has 0 bridgehead atoms. The van der Waals surface area contributed by atoms with E-state index in [-0.39, 0.29) is 11.7 Å². The van der Waals surface area contributed by atoms with Crippen molar-refractivity contribution in [3.8, 4) is 0 Å². The highest BCUT2D eigenvalue weighted by molar-refractivity contribution is 8.14. The number of hydrogen-bond donors (Lipinski definition) is 1. The molecule has 0 aliphatic carbocycles. The molecule has 1 saturated heterocycles. The lowest BCUT2D eigenvalue weighted by Crippen LogP contribution is -2.32. The number of rotatable bonds is 2. The molecule has 17 heavy (non-hydrogen) atoms. The van der Waals surface area contributed by atoms with Crippen LogP contribution in [-0.4, -0.2) is 23.0 Å². The molecule has 1 aliphatic heterocycles. The molecule has 1 fully saturated rings. The van der Waals surface area contributed by atoms with Crippen molar-refractivity contribution in [3.63, 3.8) is 0 Å². The highest BCUT2D eigenvalue weighted by Gasteiger charge is 2.13. The standard InChI is InChI=1S/C11H10FN3OS/c12-9-3-1-8(2-4-9)7-13-15-11-14-10(16)5-6-17-11/h1-4,7H,5-6H2,(H,14,15,16). The van der Waals surface area contributed by atoms with Crippen LogP contribution in [-0.2, 0) is 4.79 Å². The molecule has 0 aromatic heterocycles. The summed E-state index contributed by atoms with van der Waals surface area (Å²) in [5, 5.41) is 10.8. The summed E-state index contributed by atoms with van der Waals surface area (Å²) in [6.07, 6.45) is 2.01. The van der Waals surface area contributed by atoms with Crippen molar-refractivity contribution < 1.29 is 9.18 Å². The first-order chi connectivity index (χ1) is 8.24. The monoisotopic (exact) mass is 251 g/mol. The second kappa shape index (κ2) is 5.58. The topological polar surface area (TPSA) is 53.8 Å². The van der Waals surface area contributed by atoms with E-state index in [1.807, 2.05) is 0 Å². The van der Waals surface area contributed by atoms with Crippen molar-refractivity contribution >= 4 is 29.1 Å².